The van der Waals surface area contributed by atoms with E-state index in [1.54, 1.807) is 23.5 Å². The number of rotatable bonds is 9. The maximum atomic E-state index is 13.4. The zero-order valence-electron chi connectivity index (χ0n) is 22.8. The summed E-state index contributed by atoms with van der Waals surface area (Å²) in [5.41, 5.74) is 3.32. The molecule has 0 radical (unpaired) electrons. The number of amides is 1. The number of carbonyl (C=O) groups is 2. The van der Waals surface area contributed by atoms with Crippen molar-refractivity contribution in [3.05, 3.63) is 119 Å². The topological polar surface area (TPSA) is 93.9 Å². The molecule has 0 spiro atoms. The summed E-state index contributed by atoms with van der Waals surface area (Å²) >= 11 is 0. The summed E-state index contributed by atoms with van der Waals surface area (Å²) in [6.45, 7) is 3.40. The second-order valence-electron chi connectivity index (χ2n) is 10.4. The summed E-state index contributed by atoms with van der Waals surface area (Å²) in [6, 6.07) is 21.9. The van der Waals surface area contributed by atoms with Crippen molar-refractivity contribution < 1.29 is 24.2 Å². The summed E-state index contributed by atoms with van der Waals surface area (Å²) < 4.78 is 13.7. The average Bonchev–Trinajstić information content (AvgIpc) is 3.71. The highest BCUT2D eigenvalue weighted by Crippen LogP contribution is 2.41. The number of hydrogen-bond donors (Lipinski definition) is 1. The molecule has 208 valence electrons. The highest BCUT2D eigenvalue weighted by atomic mass is 16.5. The van der Waals surface area contributed by atoms with E-state index in [0.29, 0.717) is 43.9 Å². The van der Waals surface area contributed by atoms with Gasteiger partial charge in [0.2, 0.25) is 0 Å². The van der Waals surface area contributed by atoms with E-state index in [4.69, 9.17) is 9.47 Å². The summed E-state index contributed by atoms with van der Waals surface area (Å²) in [5.74, 6) is -0.0504. The molecule has 1 N–H and O–H groups in total. The quantitative estimate of drug-likeness (QED) is 0.173. The van der Waals surface area contributed by atoms with E-state index in [1.807, 2.05) is 84.4 Å². The van der Waals surface area contributed by atoms with Gasteiger partial charge in [-0.3, -0.25) is 9.59 Å². The fourth-order valence-electron chi connectivity index (χ4n) is 5.51. The Balaban J connectivity index is 1.31. The van der Waals surface area contributed by atoms with Gasteiger partial charge in [-0.25, -0.2) is 4.98 Å². The number of ketones is 1. The highest BCUT2D eigenvalue weighted by molar-refractivity contribution is 6.46. The number of aliphatic hydroxyl groups excluding tert-OH is 1. The van der Waals surface area contributed by atoms with Gasteiger partial charge in [0.05, 0.1) is 17.9 Å². The fourth-order valence-corrected chi connectivity index (χ4v) is 5.51. The minimum Gasteiger partial charge on any atom is -0.507 e. The molecule has 8 heteroatoms. The average molecular weight is 550 g/mol. The van der Waals surface area contributed by atoms with Crippen LogP contribution in [0.3, 0.4) is 0 Å². The maximum Gasteiger partial charge on any atom is 0.295 e. The molecule has 2 unspecified atom stereocenters. The molecule has 6 rings (SSSR count). The number of hydrogen-bond acceptors (Lipinski definition) is 6. The van der Waals surface area contributed by atoms with E-state index in [0.717, 1.165) is 22.4 Å². The van der Waals surface area contributed by atoms with Crippen molar-refractivity contribution in [1.82, 2.24) is 14.5 Å². The molecule has 1 fully saturated rings. The molecule has 3 aromatic carbocycles. The Labute approximate surface area is 238 Å². The first kappa shape index (κ1) is 26.4. The zero-order chi connectivity index (χ0) is 28.3. The van der Waals surface area contributed by atoms with E-state index >= 15 is 0 Å². The number of aromatic nitrogens is 2. The normalized spacial score (nSPS) is 19.3. The number of benzene rings is 3. The Morgan fingerprint density at radius 1 is 1.05 bits per heavy atom. The molecule has 0 aliphatic carbocycles. The first-order valence-electron chi connectivity index (χ1n) is 13.8. The van der Waals surface area contributed by atoms with Gasteiger partial charge in [0.25, 0.3) is 11.7 Å². The molecule has 0 bridgehead atoms. The molecule has 4 aromatic rings. The van der Waals surface area contributed by atoms with Crippen molar-refractivity contribution in [2.45, 2.75) is 45.1 Å². The van der Waals surface area contributed by atoms with Gasteiger partial charge in [0.15, 0.2) is 0 Å². The second-order valence-corrected chi connectivity index (χ2v) is 10.4. The SMILES string of the molecule is CC1Cc2cc(C(O)=C3C(=O)C(=O)N(CCCn4ccnc4)C3c3ccc(OCc4ccccc4)cc3)ccc2O1. The van der Waals surface area contributed by atoms with Gasteiger partial charge in [-0.2, -0.15) is 0 Å². The van der Waals surface area contributed by atoms with E-state index in [9.17, 15) is 14.7 Å². The number of fused-ring (bicyclic) bond motifs is 1. The van der Waals surface area contributed by atoms with E-state index in [-0.39, 0.29) is 17.4 Å². The lowest BCUT2D eigenvalue weighted by Crippen LogP contribution is -2.31. The molecule has 2 aliphatic rings. The molecule has 3 heterocycles. The molecule has 8 nitrogen and oxygen atoms in total. The van der Waals surface area contributed by atoms with E-state index < -0.39 is 17.7 Å². The molecule has 0 saturated carbocycles. The largest absolute Gasteiger partial charge is 0.507 e. The van der Waals surface area contributed by atoms with E-state index in [2.05, 4.69) is 4.98 Å². The van der Waals surface area contributed by atoms with Crippen LogP contribution < -0.4 is 9.47 Å². The Bertz CT molecular complexity index is 1580. The monoisotopic (exact) mass is 549 g/mol. The highest BCUT2D eigenvalue weighted by Gasteiger charge is 2.45. The van der Waals surface area contributed by atoms with Crippen molar-refractivity contribution in [3.8, 4) is 11.5 Å². The van der Waals surface area contributed by atoms with Gasteiger partial charge in [-0.1, -0.05) is 42.5 Å². The summed E-state index contributed by atoms with van der Waals surface area (Å²) in [6.07, 6.45) is 6.66. The lowest BCUT2D eigenvalue weighted by Gasteiger charge is -2.25. The summed E-state index contributed by atoms with van der Waals surface area (Å²) in [5, 5.41) is 11.5. The smallest absolute Gasteiger partial charge is 0.295 e. The van der Waals surface area contributed by atoms with Crippen LogP contribution in [-0.4, -0.2) is 43.9 Å². The van der Waals surface area contributed by atoms with Gasteiger partial charge < -0.3 is 24.0 Å². The first-order chi connectivity index (χ1) is 20.0. The van der Waals surface area contributed by atoms with Gasteiger partial charge in [0, 0.05) is 37.5 Å². The van der Waals surface area contributed by atoms with Gasteiger partial charge in [-0.05, 0) is 60.4 Å². The number of imidazole rings is 1. The molecular formula is C33H31N3O5. The predicted molar refractivity (Wildman–Crippen MR) is 153 cm³/mol. The Morgan fingerprint density at radius 2 is 1.85 bits per heavy atom. The van der Waals surface area contributed by atoms with Crippen molar-refractivity contribution in [2.75, 3.05) is 6.54 Å². The lowest BCUT2D eigenvalue weighted by molar-refractivity contribution is -0.139. The van der Waals surface area contributed by atoms with Crippen LogP contribution in [0.15, 0.2) is 97.1 Å². The van der Waals surface area contributed by atoms with Crippen molar-refractivity contribution in [3.63, 3.8) is 0 Å². The van der Waals surface area contributed by atoms with Crippen molar-refractivity contribution >= 4 is 17.4 Å². The van der Waals surface area contributed by atoms with Crippen LogP contribution in [-0.2, 0) is 29.2 Å². The minimum absolute atomic E-state index is 0.0473. The summed E-state index contributed by atoms with van der Waals surface area (Å²) in [4.78, 5) is 32.4. The third-order valence-corrected chi connectivity index (χ3v) is 7.53. The zero-order valence-corrected chi connectivity index (χ0v) is 22.8. The molecule has 41 heavy (non-hydrogen) atoms. The number of carbonyl (C=O) groups excluding carboxylic acids is 2. The number of nitrogens with zero attached hydrogens (tertiary/aromatic N) is 3. The summed E-state index contributed by atoms with van der Waals surface area (Å²) in [7, 11) is 0. The second kappa shape index (κ2) is 11.3. The molecule has 2 aliphatic heterocycles. The standard InChI is InChI=1S/C33H31N3O5/c1-22-18-26-19-25(10-13-28(26)41-22)31(37)29-30(36(33(39)32(29)38)16-5-15-35-17-14-34-21-35)24-8-11-27(12-9-24)40-20-23-6-3-2-4-7-23/h2-4,6-14,17,19,21-22,30,37H,5,15-16,18,20H2,1H3. The fraction of sp³-hybridized carbons (Fsp3) is 0.242. The Kier molecular flexibility index (Phi) is 7.29. The van der Waals surface area contributed by atoms with Crippen LogP contribution in [0.1, 0.15) is 41.6 Å². The van der Waals surface area contributed by atoms with Crippen molar-refractivity contribution in [1.29, 1.82) is 0 Å². The van der Waals surface area contributed by atoms with Crippen LogP contribution in [0.5, 0.6) is 11.5 Å². The molecule has 2 atom stereocenters. The first-order valence-corrected chi connectivity index (χ1v) is 13.8. The van der Waals surface area contributed by atoms with E-state index in [1.165, 1.54) is 0 Å². The Morgan fingerprint density at radius 3 is 2.61 bits per heavy atom. The number of ether oxygens (including phenoxy) is 2. The third kappa shape index (κ3) is 5.45. The Hall–Kier alpha value is -4.85. The number of likely N-dealkylation sites (tertiary alicyclic amines) is 1. The lowest BCUT2D eigenvalue weighted by atomic mass is 9.94. The van der Waals surface area contributed by atoms with Gasteiger partial charge in [0.1, 0.15) is 30.0 Å². The molecular weight excluding hydrogens is 518 g/mol. The predicted octanol–water partition coefficient (Wildman–Crippen LogP) is 5.30. The van der Waals surface area contributed by atoms with Crippen LogP contribution in [0.2, 0.25) is 0 Å². The molecule has 1 saturated heterocycles. The van der Waals surface area contributed by atoms with Crippen LogP contribution in [0.25, 0.3) is 5.76 Å². The van der Waals surface area contributed by atoms with Crippen LogP contribution in [0.4, 0.5) is 0 Å². The molecule has 1 amide bonds. The molecule has 1 aromatic heterocycles. The number of aryl methyl sites for hydroxylation is 1. The minimum atomic E-state index is -0.732. The van der Waals surface area contributed by atoms with Gasteiger partial charge >= 0.3 is 0 Å². The number of aliphatic hydroxyl groups is 1. The number of Topliss-reactive ketones (excluding diaryl/α,β-unsaturated/α-hetero) is 1. The van der Waals surface area contributed by atoms with Crippen LogP contribution >= 0.6 is 0 Å². The maximum absolute atomic E-state index is 13.4. The van der Waals surface area contributed by atoms with Crippen LogP contribution in [0, 0.1) is 0 Å². The third-order valence-electron chi connectivity index (χ3n) is 7.53. The van der Waals surface area contributed by atoms with Gasteiger partial charge in [-0.15, -0.1) is 0 Å². The van der Waals surface area contributed by atoms with Crippen molar-refractivity contribution in [2.24, 2.45) is 0 Å².